The number of halogens is 1. The van der Waals surface area contributed by atoms with Gasteiger partial charge < -0.3 is 14.8 Å². The number of carbonyl (C=O) groups is 1. The number of ether oxygens (including phenoxy) is 2. The van der Waals surface area contributed by atoms with Crippen LogP contribution >= 0.6 is 11.6 Å². The lowest BCUT2D eigenvalue weighted by atomic mass is 9.89. The molecule has 27 heavy (non-hydrogen) atoms. The molecule has 0 radical (unpaired) electrons. The minimum Gasteiger partial charge on any atom is -0.487 e. The van der Waals surface area contributed by atoms with Crippen LogP contribution in [0.2, 0.25) is 5.02 Å². The van der Waals surface area contributed by atoms with Crippen LogP contribution in [0.4, 0.5) is 0 Å². The number of hydrogen-bond donors (Lipinski definition) is 1. The predicted octanol–water partition coefficient (Wildman–Crippen LogP) is 5.22. The van der Waals surface area contributed by atoms with Crippen molar-refractivity contribution in [2.75, 3.05) is 0 Å². The van der Waals surface area contributed by atoms with Crippen LogP contribution in [0.1, 0.15) is 50.8 Å². The van der Waals surface area contributed by atoms with Gasteiger partial charge in [-0.05, 0) is 57.0 Å². The summed E-state index contributed by atoms with van der Waals surface area (Å²) in [5, 5.41) is 3.84. The summed E-state index contributed by atoms with van der Waals surface area (Å²) in [6, 6.07) is 13.2. The molecule has 0 saturated carbocycles. The fraction of sp³-hybridized carbons (Fsp3) is 0.409. The Hall–Kier alpha value is -2.20. The molecule has 0 unspecified atom stereocenters. The molecule has 0 saturated heterocycles. The topological polar surface area (TPSA) is 47.6 Å². The highest BCUT2D eigenvalue weighted by Gasteiger charge is 2.35. The first-order valence-electron chi connectivity index (χ1n) is 9.30. The summed E-state index contributed by atoms with van der Waals surface area (Å²) in [6.45, 7) is 7.92. The van der Waals surface area contributed by atoms with Crippen LogP contribution in [0.15, 0.2) is 42.5 Å². The third kappa shape index (κ3) is 4.56. The SMILES string of the molecule is CC[C@@H](Oc1ccc(Cl)c(C)c1)C(=O)N[C@@H]1CC(C)(C)Oc2ccccc21. The molecule has 4 nitrogen and oxygen atoms in total. The first-order chi connectivity index (χ1) is 12.8. The minimum absolute atomic E-state index is 0.109. The van der Waals surface area contributed by atoms with Gasteiger partial charge in [-0.25, -0.2) is 0 Å². The molecule has 144 valence electrons. The molecule has 0 bridgehead atoms. The molecule has 2 atom stereocenters. The molecule has 3 rings (SSSR count). The van der Waals surface area contributed by atoms with E-state index in [0.717, 1.165) is 16.9 Å². The minimum atomic E-state index is -0.566. The highest BCUT2D eigenvalue weighted by molar-refractivity contribution is 6.31. The molecular formula is C22H26ClNO3. The average molecular weight is 388 g/mol. The predicted molar refractivity (Wildman–Crippen MR) is 108 cm³/mol. The van der Waals surface area contributed by atoms with Crippen molar-refractivity contribution in [1.29, 1.82) is 0 Å². The van der Waals surface area contributed by atoms with Crippen molar-refractivity contribution >= 4 is 17.5 Å². The van der Waals surface area contributed by atoms with E-state index in [2.05, 4.69) is 5.32 Å². The number of nitrogens with one attached hydrogen (secondary N) is 1. The third-order valence-electron chi connectivity index (χ3n) is 4.76. The number of hydrogen-bond acceptors (Lipinski definition) is 3. The van der Waals surface area contributed by atoms with Gasteiger partial charge in [-0.15, -0.1) is 0 Å². The molecule has 1 heterocycles. The lowest BCUT2D eigenvalue weighted by molar-refractivity contribution is -0.129. The largest absolute Gasteiger partial charge is 0.487 e. The fourth-order valence-corrected chi connectivity index (χ4v) is 3.49. The standard InChI is InChI=1S/C22H26ClNO3/c1-5-19(26-15-10-11-17(23)14(2)12-15)21(25)24-18-13-22(3,4)27-20-9-7-6-8-16(18)20/h6-12,18-19H,5,13H2,1-4H3,(H,24,25)/t18-,19-/m1/s1. The molecular weight excluding hydrogens is 362 g/mol. The van der Waals surface area contributed by atoms with E-state index in [1.165, 1.54) is 0 Å². The maximum Gasteiger partial charge on any atom is 0.261 e. The fourth-order valence-electron chi connectivity index (χ4n) is 3.37. The van der Waals surface area contributed by atoms with Crippen molar-refractivity contribution in [2.24, 2.45) is 0 Å². The zero-order valence-corrected chi connectivity index (χ0v) is 17.0. The van der Waals surface area contributed by atoms with Crippen LogP contribution in [-0.2, 0) is 4.79 Å². The van der Waals surface area contributed by atoms with Gasteiger partial charge in [-0.1, -0.05) is 36.7 Å². The third-order valence-corrected chi connectivity index (χ3v) is 5.19. The summed E-state index contributed by atoms with van der Waals surface area (Å²) in [7, 11) is 0. The van der Waals surface area contributed by atoms with Crippen LogP contribution in [0.3, 0.4) is 0 Å². The van der Waals surface area contributed by atoms with Gasteiger partial charge in [-0.2, -0.15) is 0 Å². The van der Waals surface area contributed by atoms with Crippen LogP contribution in [0.5, 0.6) is 11.5 Å². The maximum atomic E-state index is 12.9. The lowest BCUT2D eigenvalue weighted by Gasteiger charge is -2.38. The maximum absolute atomic E-state index is 12.9. The zero-order valence-electron chi connectivity index (χ0n) is 16.2. The second-order valence-corrected chi connectivity index (χ2v) is 8.00. The van der Waals surface area contributed by atoms with Crippen LogP contribution in [0, 0.1) is 6.92 Å². The van der Waals surface area contributed by atoms with E-state index in [9.17, 15) is 4.79 Å². The molecule has 0 aromatic heterocycles. The van der Waals surface area contributed by atoms with Gasteiger partial charge in [0.2, 0.25) is 0 Å². The first-order valence-corrected chi connectivity index (χ1v) is 9.68. The molecule has 0 aliphatic carbocycles. The number of aryl methyl sites for hydroxylation is 1. The Kier molecular flexibility index (Phi) is 5.66. The normalized spacial score (nSPS) is 18.8. The van der Waals surface area contributed by atoms with E-state index >= 15 is 0 Å². The molecule has 1 amide bonds. The Balaban J connectivity index is 1.75. The van der Waals surface area contributed by atoms with Gasteiger partial charge in [0.1, 0.15) is 17.1 Å². The molecule has 1 N–H and O–H groups in total. The first kappa shape index (κ1) is 19.6. The highest BCUT2D eigenvalue weighted by Crippen LogP contribution is 2.39. The summed E-state index contributed by atoms with van der Waals surface area (Å²) < 4.78 is 12.0. The summed E-state index contributed by atoms with van der Waals surface area (Å²) in [6.07, 6.45) is 0.706. The van der Waals surface area contributed by atoms with E-state index in [0.29, 0.717) is 23.6 Å². The highest BCUT2D eigenvalue weighted by atomic mass is 35.5. The van der Waals surface area contributed by atoms with E-state index in [-0.39, 0.29) is 17.6 Å². The van der Waals surface area contributed by atoms with Gasteiger partial charge in [0, 0.05) is 17.0 Å². The Morgan fingerprint density at radius 1 is 1.33 bits per heavy atom. The van der Waals surface area contributed by atoms with Crippen molar-refractivity contribution in [2.45, 2.75) is 58.3 Å². The smallest absolute Gasteiger partial charge is 0.261 e. The van der Waals surface area contributed by atoms with Crippen LogP contribution in [-0.4, -0.2) is 17.6 Å². The van der Waals surface area contributed by atoms with Crippen molar-refractivity contribution < 1.29 is 14.3 Å². The van der Waals surface area contributed by atoms with E-state index in [1.54, 1.807) is 12.1 Å². The number of fused-ring (bicyclic) bond motifs is 1. The Bertz CT molecular complexity index is 834. The van der Waals surface area contributed by atoms with Crippen molar-refractivity contribution in [1.82, 2.24) is 5.32 Å². The number of para-hydroxylation sites is 1. The molecule has 0 fully saturated rings. The zero-order chi connectivity index (χ0) is 19.6. The van der Waals surface area contributed by atoms with E-state index in [1.807, 2.05) is 58.0 Å². The van der Waals surface area contributed by atoms with Gasteiger partial charge in [0.15, 0.2) is 6.10 Å². The van der Waals surface area contributed by atoms with Crippen LogP contribution < -0.4 is 14.8 Å². The second-order valence-electron chi connectivity index (χ2n) is 7.59. The Morgan fingerprint density at radius 3 is 2.78 bits per heavy atom. The number of rotatable bonds is 5. The van der Waals surface area contributed by atoms with Crippen molar-refractivity contribution in [3.05, 3.63) is 58.6 Å². The number of amides is 1. The monoisotopic (exact) mass is 387 g/mol. The molecule has 1 aliphatic heterocycles. The Labute approximate surface area is 165 Å². The van der Waals surface area contributed by atoms with Gasteiger partial charge in [0.05, 0.1) is 6.04 Å². The summed E-state index contributed by atoms with van der Waals surface area (Å²) in [5.74, 6) is 1.34. The molecule has 2 aromatic rings. The summed E-state index contributed by atoms with van der Waals surface area (Å²) in [4.78, 5) is 12.9. The number of carbonyl (C=O) groups excluding carboxylic acids is 1. The van der Waals surface area contributed by atoms with Crippen LogP contribution in [0.25, 0.3) is 0 Å². The van der Waals surface area contributed by atoms with E-state index < -0.39 is 6.10 Å². The summed E-state index contributed by atoms with van der Waals surface area (Å²) in [5.41, 5.74) is 1.58. The lowest BCUT2D eigenvalue weighted by Crippen LogP contribution is -2.45. The summed E-state index contributed by atoms with van der Waals surface area (Å²) >= 11 is 6.07. The average Bonchev–Trinajstić information content (AvgIpc) is 2.61. The van der Waals surface area contributed by atoms with Crippen molar-refractivity contribution in [3.63, 3.8) is 0 Å². The van der Waals surface area contributed by atoms with Gasteiger partial charge >= 0.3 is 0 Å². The van der Waals surface area contributed by atoms with E-state index in [4.69, 9.17) is 21.1 Å². The molecule has 1 aliphatic rings. The second kappa shape index (κ2) is 7.81. The molecule has 2 aromatic carbocycles. The van der Waals surface area contributed by atoms with Crippen molar-refractivity contribution in [3.8, 4) is 11.5 Å². The Morgan fingerprint density at radius 2 is 2.07 bits per heavy atom. The van der Waals surface area contributed by atoms with Gasteiger partial charge in [-0.3, -0.25) is 4.79 Å². The number of benzene rings is 2. The van der Waals surface area contributed by atoms with Gasteiger partial charge in [0.25, 0.3) is 5.91 Å². The quantitative estimate of drug-likeness (QED) is 0.764. The molecule has 0 spiro atoms. The molecule has 5 heteroatoms.